The zero-order valence-corrected chi connectivity index (χ0v) is 11.8. The molecule has 6 nitrogen and oxygen atoms in total. The van der Waals surface area contributed by atoms with E-state index in [0.717, 1.165) is 23.9 Å². The predicted octanol–water partition coefficient (Wildman–Crippen LogP) is 3.02. The maximum absolute atomic E-state index is 10.9. The van der Waals surface area contributed by atoms with E-state index in [1.165, 1.54) is 4.52 Å². The molecule has 0 fully saturated rings. The van der Waals surface area contributed by atoms with Gasteiger partial charge in [-0.05, 0) is 12.8 Å². The van der Waals surface area contributed by atoms with Gasteiger partial charge in [-0.25, -0.2) is 4.98 Å². The number of hydrogen-bond acceptors (Lipinski definition) is 4. The number of nitro groups is 1. The van der Waals surface area contributed by atoms with E-state index in [2.05, 4.69) is 10.1 Å². The minimum Gasteiger partial charge on any atom is -0.258 e. The zero-order valence-electron chi connectivity index (χ0n) is 10.3. The van der Waals surface area contributed by atoms with Crippen LogP contribution in [0, 0.1) is 10.1 Å². The fourth-order valence-electron chi connectivity index (χ4n) is 1.94. The van der Waals surface area contributed by atoms with Crippen LogP contribution in [0.25, 0.3) is 5.65 Å². The van der Waals surface area contributed by atoms with Crippen LogP contribution in [0.4, 0.5) is 5.69 Å². The molecule has 0 unspecified atom stereocenters. The molecule has 0 atom stereocenters. The number of alkyl halides is 1. The molecule has 0 saturated carbocycles. The molecule has 2 heterocycles. The first-order valence-corrected chi connectivity index (χ1v) is 6.76. The first-order chi connectivity index (χ1) is 9.10. The Morgan fingerprint density at radius 1 is 1.47 bits per heavy atom. The Kier molecular flexibility index (Phi) is 4.21. The van der Waals surface area contributed by atoms with Gasteiger partial charge in [-0.2, -0.15) is 9.61 Å². The third-order valence-electron chi connectivity index (χ3n) is 2.78. The van der Waals surface area contributed by atoms with E-state index in [9.17, 15) is 10.1 Å². The highest BCUT2D eigenvalue weighted by atomic mass is 35.5. The molecule has 0 spiro atoms. The van der Waals surface area contributed by atoms with Crippen LogP contribution in [0.3, 0.4) is 0 Å². The number of aromatic nitrogens is 3. The van der Waals surface area contributed by atoms with Crippen molar-refractivity contribution in [1.82, 2.24) is 14.6 Å². The topological polar surface area (TPSA) is 73.3 Å². The highest BCUT2D eigenvalue weighted by Gasteiger charge is 2.21. The van der Waals surface area contributed by atoms with E-state index in [1.807, 2.05) is 6.92 Å². The lowest BCUT2D eigenvalue weighted by Gasteiger charge is -2.10. The first kappa shape index (κ1) is 14.0. The molecule has 0 N–H and O–H groups in total. The second-order valence-corrected chi connectivity index (χ2v) is 4.78. The van der Waals surface area contributed by atoms with E-state index in [1.54, 1.807) is 0 Å². The number of rotatable bonds is 5. The van der Waals surface area contributed by atoms with Gasteiger partial charge in [0, 0.05) is 17.1 Å². The molecule has 0 aromatic carbocycles. The molecule has 2 aromatic heterocycles. The highest BCUT2D eigenvalue weighted by Crippen LogP contribution is 2.26. The molecule has 0 saturated heterocycles. The predicted molar refractivity (Wildman–Crippen MR) is 73.1 cm³/mol. The Morgan fingerprint density at radius 3 is 2.79 bits per heavy atom. The maximum atomic E-state index is 10.9. The highest BCUT2D eigenvalue weighted by molar-refractivity contribution is 6.30. The number of fused-ring (bicyclic) bond motifs is 1. The van der Waals surface area contributed by atoms with Crippen LogP contribution in [-0.2, 0) is 12.8 Å². The minimum absolute atomic E-state index is 0.142. The third-order valence-corrected chi connectivity index (χ3v) is 3.35. The Labute approximate surface area is 119 Å². The van der Waals surface area contributed by atoms with E-state index in [0.29, 0.717) is 23.9 Å². The van der Waals surface area contributed by atoms with Gasteiger partial charge in [0.25, 0.3) is 0 Å². The zero-order chi connectivity index (χ0) is 14.0. The van der Waals surface area contributed by atoms with E-state index in [-0.39, 0.29) is 11.3 Å². The largest absolute Gasteiger partial charge is 0.333 e. The van der Waals surface area contributed by atoms with Crippen LogP contribution < -0.4 is 0 Å². The summed E-state index contributed by atoms with van der Waals surface area (Å²) in [6, 6.07) is 0. The van der Waals surface area contributed by atoms with Crippen molar-refractivity contribution in [3.05, 3.63) is 32.7 Å². The number of halogens is 2. The van der Waals surface area contributed by atoms with E-state index >= 15 is 0 Å². The lowest BCUT2D eigenvalue weighted by atomic mass is 10.1. The Bertz CT molecular complexity index is 627. The third kappa shape index (κ3) is 2.50. The molecule has 2 aromatic rings. The summed E-state index contributed by atoms with van der Waals surface area (Å²) >= 11 is 12.0. The summed E-state index contributed by atoms with van der Waals surface area (Å²) in [5.41, 5.74) is 1.60. The first-order valence-electron chi connectivity index (χ1n) is 5.85. The molecule has 2 rings (SSSR count). The van der Waals surface area contributed by atoms with Gasteiger partial charge in [-0.3, -0.25) is 10.1 Å². The Hall–Kier alpha value is -1.40. The van der Waals surface area contributed by atoms with E-state index in [4.69, 9.17) is 23.2 Å². The fraction of sp³-hybridized carbons (Fsp3) is 0.455. The monoisotopic (exact) mass is 302 g/mol. The van der Waals surface area contributed by atoms with Crippen LogP contribution in [0.1, 0.15) is 24.6 Å². The van der Waals surface area contributed by atoms with Crippen LogP contribution >= 0.6 is 23.2 Å². The van der Waals surface area contributed by atoms with Crippen molar-refractivity contribution >= 4 is 34.5 Å². The van der Waals surface area contributed by atoms with Gasteiger partial charge in [-0.1, -0.05) is 24.9 Å². The summed E-state index contributed by atoms with van der Waals surface area (Å²) in [6.45, 7) is 2.01. The maximum Gasteiger partial charge on any atom is 0.333 e. The number of nitrogens with zero attached hydrogens (tertiary/aromatic N) is 4. The number of hydrogen-bond donors (Lipinski definition) is 0. The lowest BCUT2D eigenvalue weighted by Crippen LogP contribution is -2.06. The second kappa shape index (κ2) is 5.71. The van der Waals surface area contributed by atoms with Gasteiger partial charge in [0.05, 0.1) is 4.92 Å². The molecule has 0 radical (unpaired) electrons. The van der Waals surface area contributed by atoms with E-state index < -0.39 is 4.92 Å². The molecule has 19 heavy (non-hydrogen) atoms. The molecule has 0 aliphatic rings. The smallest absolute Gasteiger partial charge is 0.258 e. The molecular weight excluding hydrogens is 291 g/mol. The van der Waals surface area contributed by atoms with Crippen LogP contribution in [-0.4, -0.2) is 25.4 Å². The Morgan fingerprint density at radius 2 is 2.21 bits per heavy atom. The fourth-order valence-corrected chi connectivity index (χ4v) is 2.45. The molecule has 0 bridgehead atoms. The van der Waals surface area contributed by atoms with Gasteiger partial charge >= 0.3 is 5.69 Å². The second-order valence-electron chi connectivity index (χ2n) is 4.04. The molecule has 102 valence electrons. The molecular formula is C11H12Cl2N4O2. The SMILES string of the molecule is CCCc1nc2c([N+](=O)[O-])cnn2c(Cl)c1CCCl. The molecule has 8 heteroatoms. The quantitative estimate of drug-likeness (QED) is 0.368. The van der Waals surface area contributed by atoms with Gasteiger partial charge in [0.2, 0.25) is 5.65 Å². The van der Waals surface area contributed by atoms with Crippen molar-refractivity contribution in [2.45, 2.75) is 26.2 Å². The molecule has 0 aliphatic carbocycles. The summed E-state index contributed by atoms with van der Waals surface area (Å²) in [7, 11) is 0. The van der Waals surface area contributed by atoms with Crippen molar-refractivity contribution in [2.75, 3.05) is 5.88 Å². The van der Waals surface area contributed by atoms with Crippen LogP contribution in [0.15, 0.2) is 6.20 Å². The minimum atomic E-state index is -0.511. The van der Waals surface area contributed by atoms with Gasteiger partial charge in [0.15, 0.2) is 0 Å². The van der Waals surface area contributed by atoms with Gasteiger partial charge in [0.1, 0.15) is 11.3 Å². The van der Waals surface area contributed by atoms with Crippen molar-refractivity contribution in [3.8, 4) is 0 Å². The summed E-state index contributed by atoms with van der Waals surface area (Å²) in [5, 5.41) is 15.2. The van der Waals surface area contributed by atoms with Crippen molar-refractivity contribution in [2.24, 2.45) is 0 Å². The van der Waals surface area contributed by atoms with Crippen molar-refractivity contribution < 1.29 is 4.92 Å². The number of aryl methyl sites for hydroxylation is 1. The van der Waals surface area contributed by atoms with Crippen molar-refractivity contribution in [1.29, 1.82) is 0 Å². The van der Waals surface area contributed by atoms with Crippen LogP contribution in [0.5, 0.6) is 0 Å². The van der Waals surface area contributed by atoms with Gasteiger partial charge < -0.3 is 0 Å². The average molecular weight is 303 g/mol. The van der Waals surface area contributed by atoms with Crippen LogP contribution in [0.2, 0.25) is 5.15 Å². The lowest BCUT2D eigenvalue weighted by molar-refractivity contribution is -0.383. The molecule has 0 aliphatic heterocycles. The van der Waals surface area contributed by atoms with Crippen molar-refractivity contribution in [3.63, 3.8) is 0 Å². The average Bonchev–Trinajstić information content (AvgIpc) is 2.78. The Balaban J connectivity index is 2.71. The van der Waals surface area contributed by atoms with Gasteiger partial charge in [-0.15, -0.1) is 11.6 Å². The standard InChI is InChI=1S/C11H12Cl2N4O2/c1-2-3-8-7(4-5-12)10(13)16-11(15-8)9(6-14-16)17(18)19/h6H,2-5H2,1H3. The summed E-state index contributed by atoms with van der Waals surface area (Å²) in [5.74, 6) is 0.410. The summed E-state index contributed by atoms with van der Waals surface area (Å²) < 4.78 is 1.29. The molecule has 0 amide bonds. The normalized spacial score (nSPS) is 11.1. The summed E-state index contributed by atoms with van der Waals surface area (Å²) in [6.07, 6.45) is 3.29. The summed E-state index contributed by atoms with van der Waals surface area (Å²) in [4.78, 5) is 14.7.